The third-order valence-electron chi connectivity index (χ3n) is 3.32. The molecule has 2 aromatic carbocycles. The molecule has 1 aromatic heterocycles. The van der Waals surface area contributed by atoms with E-state index in [1.54, 1.807) is 0 Å². The Bertz CT molecular complexity index is 734. The smallest absolute Gasteiger partial charge is 0.127 e. The van der Waals surface area contributed by atoms with E-state index in [1.165, 1.54) is 6.07 Å². The van der Waals surface area contributed by atoms with Gasteiger partial charge in [-0.3, -0.25) is 0 Å². The lowest BCUT2D eigenvalue weighted by atomic mass is 10.1. The zero-order valence-electron chi connectivity index (χ0n) is 10.8. The van der Waals surface area contributed by atoms with Crippen molar-refractivity contribution in [2.75, 3.05) is 0 Å². The highest BCUT2D eigenvalue weighted by molar-refractivity contribution is 5.82. The minimum absolute atomic E-state index is 0.296. The Hall–Kier alpha value is -2.20. The van der Waals surface area contributed by atoms with Gasteiger partial charge in [-0.15, -0.1) is 0 Å². The van der Waals surface area contributed by atoms with Gasteiger partial charge in [-0.2, -0.15) is 0 Å². The van der Waals surface area contributed by atoms with Gasteiger partial charge >= 0.3 is 0 Å². The fourth-order valence-electron chi connectivity index (χ4n) is 2.32. The zero-order chi connectivity index (χ0) is 13.9. The van der Waals surface area contributed by atoms with Gasteiger partial charge in [0.2, 0.25) is 0 Å². The molecule has 0 radical (unpaired) electrons. The summed E-state index contributed by atoms with van der Waals surface area (Å²) in [6.45, 7) is 0.898. The van der Waals surface area contributed by atoms with Crippen LogP contribution in [0.15, 0.2) is 48.7 Å². The Morgan fingerprint density at radius 2 is 1.80 bits per heavy atom. The topological polar surface area (TPSA) is 27.8 Å². The molecule has 0 fully saturated rings. The van der Waals surface area contributed by atoms with Crippen LogP contribution in [0.1, 0.15) is 11.1 Å². The van der Waals surface area contributed by atoms with Gasteiger partial charge in [0.05, 0.1) is 0 Å². The molecule has 0 saturated carbocycles. The first-order chi connectivity index (χ1) is 9.74. The number of aromatic amines is 1. The molecule has 20 heavy (non-hydrogen) atoms. The van der Waals surface area contributed by atoms with Crippen LogP contribution in [0.4, 0.5) is 8.78 Å². The third kappa shape index (κ3) is 2.56. The molecule has 0 amide bonds. The van der Waals surface area contributed by atoms with Crippen LogP contribution >= 0.6 is 0 Å². The zero-order valence-corrected chi connectivity index (χ0v) is 10.8. The minimum Gasteiger partial charge on any atom is -0.361 e. The summed E-state index contributed by atoms with van der Waals surface area (Å²) in [6, 6.07) is 11.5. The molecule has 4 heteroatoms. The van der Waals surface area contributed by atoms with E-state index < -0.39 is 11.6 Å². The molecule has 0 aliphatic heterocycles. The van der Waals surface area contributed by atoms with Crippen molar-refractivity contribution in [3.63, 3.8) is 0 Å². The van der Waals surface area contributed by atoms with E-state index >= 15 is 0 Å². The second-order valence-corrected chi connectivity index (χ2v) is 4.70. The summed E-state index contributed by atoms with van der Waals surface area (Å²) in [5, 5.41) is 4.29. The fourth-order valence-corrected chi connectivity index (χ4v) is 2.32. The average Bonchev–Trinajstić information content (AvgIpc) is 2.92. The second-order valence-electron chi connectivity index (χ2n) is 4.70. The molecular formula is C16H14F2N2. The standard InChI is InChI=1S/C16H14F2N2/c17-13-4-5-15(18)12(8-13)10-19-9-11-2-1-3-16-14(11)6-7-20-16/h1-8,19-20H,9-10H2. The van der Waals surface area contributed by atoms with Gasteiger partial charge in [0, 0.05) is 35.8 Å². The molecule has 2 nitrogen and oxygen atoms in total. The molecule has 3 aromatic rings. The SMILES string of the molecule is Fc1ccc(F)c(CNCc2cccc3[nH]ccc23)c1. The van der Waals surface area contributed by atoms with Crippen molar-refractivity contribution in [1.82, 2.24) is 10.3 Å². The third-order valence-corrected chi connectivity index (χ3v) is 3.32. The van der Waals surface area contributed by atoms with Crippen LogP contribution in [-0.2, 0) is 13.1 Å². The number of rotatable bonds is 4. The van der Waals surface area contributed by atoms with Crippen molar-refractivity contribution in [2.24, 2.45) is 0 Å². The van der Waals surface area contributed by atoms with Crippen molar-refractivity contribution < 1.29 is 8.78 Å². The van der Waals surface area contributed by atoms with Gasteiger partial charge < -0.3 is 10.3 Å². The van der Waals surface area contributed by atoms with Crippen LogP contribution in [-0.4, -0.2) is 4.98 Å². The van der Waals surface area contributed by atoms with Gasteiger partial charge in [0.25, 0.3) is 0 Å². The van der Waals surface area contributed by atoms with Gasteiger partial charge in [0.15, 0.2) is 0 Å². The largest absolute Gasteiger partial charge is 0.361 e. The van der Waals surface area contributed by atoms with Crippen LogP contribution < -0.4 is 5.32 Å². The molecule has 1 heterocycles. The molecule has 0 atom stereocenters. The molecule has 0 aliphatic carbocycles. The fraction of sp³-hybridized carbons (Fsp3) is 0.125. The van der Waals surface area contributed by atoms with Crippen LogP contribution in [0.2, 0.25) is 0 Å². The number of aromatic nitrogens is 1. The van der Waals surface area contributed by atoms with Crippen molar-refractivity contribution >= 4 is 10.9 Å². The van der Waals surface area contributed by atoms with Gasteiger partial charge in [-0.1, -0.05) is 12.1 Å². The summed E-state index contributed by atoms with van der Waals surface area (Å²) in [6.07, 6.45) is 1.89. The Kier molecular flexibility index (Phi) is 3.48. The number of fused-ring (bicyclic) bond motifs is 1. The molecule has 102 valence electrons. The highest BCUT2D eigenvalue weighted by atomic mass is 19.1. The van der Waals surface area contributed by atoms with Gasteiger partial charge in [0.1, 0.15) is 11.6 Å². The Morgan fingerprint density at radius 1 is 0.950 bits per heavy atom. The molecule has 0 saturated heterocycles. The molecule has 3 rings (SSSR count). The molecule has 0 spiro atoms. The van der Waals surface area contributed by atoms with E-state index in [9.17, 15) is 8.78 Å². The first-order valence-electron chi connectivity index (χ1n) is 6.43. The van der Waals surface area contributed by atoms with Crippen molar-refractivity contribution in [1.29, 1.82) is 0 Å². The van der Waals surface area contributed by atoms with Crippen molar-refractivity contribution in [3.8, 4) is 0 Å². The Balaban J connectivity index is 1.71. The van der Waals surface area contributed by atoms with Gasteiger partial charge in [-0.05, 0) is 35.9 Å². The summed E-state index contributed by atoms with van der Waals surface area (Å²) in [7, 11) is 0. The summed E-state index contributed by atoms with van der Waals surface area (Å²) >= 11 is 0. The molecule has 2 N–H and O–H groups in total. The van der Waals surface area contributed by atoms with E-state index in [1.807, 2.05) is 30.5 Å². The molecule has 0 aliphatic rings. The van der Waals surface area contributed by atoms with Gasteiger partial charge in [-0.25, -0.2) is 8.78 Å². The number of hydrogen-bond donors (Lipinski definition) is 2. The number of nitrogens with one attached hydrogen (secondary N) is 2. The number of halogens is 2. The predicted octanol–water partition coefficient (Wildman–Crippen LogP) is 3.74. The lowest BCUT2D eigenvalue weighted by molar-refractivity contribution is 0.569. The molecular weight excluding hydrogens is 258 g/mol. The summed E-state index contributed by atoms with van der Waals surface area (Å²) in [5.74, 6) is -0.810. The maximum Gasteiger partial charge on any atom is 0.127 e. The van der Waals surface area contributed by atoms with E-state index in [2.05, 4.69) is 10.3 Å². The minimum atomic E-state index is -0.420. The number of H-pyrrole nitrogens is 1. The monoisotopic (exact) mass is 272 g/mol. The summed E-state index contributed by atoms with van der Waals surface area (Å²) in [4.78, 5) is 3.15. The van der Waals surface area contributed by atoms with E-state index in [-0.39, 0.29) is 0 Å². The number of hydrogen-bond acceptors (Lipinski definition) is 1. The summed E-state index contributed by atoms with van der Waals surface area (Å²) in [5.41, 5.74) is 2.54. The Morgan fingerprint density at radius 3 is 2.70 bits per heavy atom. The maximum absolute atomic E-state index is 13.5. The van der Waals surface area contributed by atoms with Crippen LogP contribution in [0.25, 0.3) is 10.9 Å². The van der Waals surface area contributed by atoms with Crippen LogP contribution in [0.3, 0.4) is 0 Å². The normalized spacial score (nSPS) is 11.1. The van der Waals surface area contributed by atoms with Crippen molar-refractivity contribution in [2.45, 2.75) is 13.1 Å². The highest BCUT2D eigenvalue weighted by Crippen LogP contribution is 2.17. The molecule has 0 bridgehead atoms. The van der Waals surface area contributed by atoms with Crippen LogP contribution in [0.5, 0.6) is 0 Å². The Labute approximate surface area is 115 Å². The molecule has 0 unspecified atom stereocenters. The van der Waals surface area contributed by atoms with E-state index in [0.29, 0.717) is 18.7 Å². The van der Waals surface area contributed by atoms with Crippen LogP contribution in [0, 0.1) is 11.6 Å². The lowest BCUT2D eigenvalue weighted by Crippen LogP contribution is -2.14. The first kappa shape index (κ1) is 12.8. The maximum atomic E-state index is 13.5. The first-order valence-corrected chi connectivity index (χ1v) is 6.43. The quantitative estimate of drug-likeness (QED) is 0.744. The van der Waals surface area contributed by atoms with E-state index in [0.717, 1.165) is 28.6 Å². The second kappa shape index (κ2) is 5.43. The predicted molar refractivity (Wildman–Crippen MR) is 75.2 cm³/mol. The number of benzene rings is 2. The summed E-state index contributed by atoms with van der Waals surface area (Å²) < 4.78 is 26.6. The average molecular weight is 272 g/mol. The van der Waals surface area contributed by atoms with E-state index in [4.69, 9.17) is 0 Å². The highest BCUT2D eigenvalue weighted by Gasteiger charge is 2.05. The van der Waals surface area contributed by atoms with Crippen molar-refractivity contribution in [3.05, 3.63) is 71.4 Å². The lowest BCUT2D eigenvalue weighted by Gasteiger charge is -2.07.